The van der Waals surface area contributed by atoms with Crippen LogP contribution in [0.15, 0.2) is 84.0 Å². The summed E-state index contributed by atoms with van der Waals surface area (Å²) < 4.78 is 0. The zero-order chi connectivity index (χ0) is 24.0. The van der Waals surface area contributed by atoms with Crippen molar-refractivity contribution in [3.8, 4) is 0 Å². The Balaban J connectivity index is 1.60. The van der Waals surface area contributed by atoms with Gasteiger partial charge < -0.3 is 5.21 Å². The molecule has 0 aliphatic carbocycles. The summed E-state index contributed by atoms with van der Waals surface area (Å²) in [5.41, 5.74) is 1.97. The fraction of sp³-hybridized carbons (Fsp3) is 0.120. The highest BCUT2D eigenvalue weighted by Crippen LogP contribution is 2.38. The van der Waals surface area contributed by atoms with Gasteiger partial charge in [0, 0.05) is 17.7 Å². The second-order valence-corrected chi connectivity index (χ2v) is 8.15. The Bertz CT molecular complexity index is 1320. The van der Waals surface area contributed by atoms with Gasteiger partial charge in [-0.25, -0.2) is 10.1 Å². The molecule has 2 heterocycles. The molecule has 9 nitrogen and oxygen atoms in total. The number of hydrazone groups is 1. The third-order valence-corrected chi connectivity index (χ3v) is 5.97. The second-order valence-electron chi connectivity index (χ2n) is 8.15. The summed E-state index contributed by atoms with van der Waals surface area (Å²) in [5.74, 6) is -2.74. The number of nitrogens with one attached hydrogen (secondary N) is 1. The van der Waals surface area contributed by atoms with E-state index in [4.69, 9.17) is 0 Å². The topological polar surface area (TPSA) is 118 Å². The molecule has 2 aliphatic heterocycles. The van der Waals surface area contributed by atoms with Gasteiger partial charge in [-0.15, -0.1) is 0 Å². The van der Waals surface area contributed by atoms with Crippen LogP contribution in [-0.4, -0.2) is 34.6 Å². The summed E-state index contributed by atoms with van der Waals surface area (Å²) in [6.45, 7) is 1.90. The Morgan fingerprint density at radius 1 is 0.941 bits per heavy atom. The standard InChI is InChI=1S/C25H20N4O5/c1-15-10-12-16(13-11-15)23(30)21-20-22(28(26-21)17-6-3-2-4-7-17)25(32)27(24(20)31)18-8-5-9-19(14-18)29(33)34/h2-14,20,22,29,33H,1H3/t20-,22-/m0/s1. The number of nitrogens with zero attached hydrogens (tertiary/aromatic N) is 3. The minimum Gasteiger partial charge on any atom is -0.595 e. The van der Waals surface area contributed by atoms with E-state index < -0.39 is 34.8 Å². The number of rotatable bonds is 5. The number of imide groups is 1. The smallest absolute Gasteiger partial charge is 0.259 e. The number of carbonyl (C=O) groups excluding carboxylic acids is 3. The zero-order valence-corrected chi connectivity index (χ0v) is 18.1. The van der Waals surface area contributed by atoms with E-state index in [1.54, 1.807) is 48.5 Å². The molecule has 0 radical (unpaired) electrons. The van der Waals surface area contributed by atoms with Gasteiger partial charge in [0.15, 0.2) is 5.69 Å². The Labute approximate surface area is 194 Å². The molecular weight excluding hydrogens is 436 g/mol. The molecule has 1 unspecified atom stereocenters. The molecule has 34 heavy (non-hydrogen) atoms. The molecule has 1 saturated heterocycles. The van der Waals surface area contributed by atoms with E-state index in [2.05, 4.69) is 5.10 Å². The SMILES string of the molecule is Cc1ccc(C(=O)C2=NN(c3ccccc3)[C@@H]3C(=O)N(c4cccc([NH+]([O-])O)c4)C(=O)[C@@H]23)cc1. The van der Waals surface area contributed by atoms with Gasteiger partial charge in [-0.3, -0.25) is 19.4 Å². The normalized spacial score (nSPS) is 20.4. The lowest BCUT2D eigenvalue weighted by Gasteiger charge is -2.22. The van der Waals surface area contributed by atoms with Crippen LogP contribution in [0.4, 0.5) is 17.1 Å². The fourth-order valence-electron chi connectivity index (χ4n) is 4.28. The van der Waals surface area contributed by atoms with Crippen molar-refractivity contribution in [3.63, 3.8) is 0 Å². The van der Waals surface area contributed by atoms with E-state index in [1.165, 1.54) is 29.3 Å². The van der Waals surface area contributed by atoms with Crippen molar-refractivity contribution < 1.29 is 24.8 Å². The van der Waals surface area contributed by atoms with E-state index in [0.717, 1.165) is 10.5 Å². The van der Waals surface area contributed by atoms with Gasteiger partial charge in [0.2, 0.25) is 11.7 Å². The monoisotopic (exact) mass is 456 g/mol. The predicted molar refractivity (Wildman–Crippen MR) is 124 cm³/mol. The van der Waals surface area contributed by atoms with Crippen molar-refractivity contribution >= 4 is 40.4 Å². The fourth-order valence-corrected chi connectivity index (χ4v) is 4.28. The maximum Gasteiger partial charge on any atom is 0.259 e. The van der Waals surface area contributed by atoms with E-state index in [0.29, 0.717) is 11.3 Å². The maximum atomic E-state index is 13.6. The molecule has 2 N–H and O–H groups in total. The molecule has 2 aliphatic rings. The van der Waals surface area contributed by atoms with Gasteiger partial charge in [-0.1, -0.05) is 54.1 Å². The average molecular weight is 456 g/mol. The number of para-hydroxylation sites is 1. The largest absolute Gasteiger partial charge is 0.595 e. The Morgan fingerprint density at radius 2 is 1.62 bits per heavy atom. The summed E-state index contributed by atoms with van der Waals surface area (Å²) >= 11 is 0. The third-order valence-electron chi connectivity index (χ3n) is 5.97. The maximum absolute atomic E-state index is 13.6. The highest BCUT2D eigenvalue weighted by molar-refractivity contribution is 6.53. The number of carbonyl (C=O) groups is 3. The number of quaternary nitrogens is 1. The summed E-state index contributed by atoms with van der Waals surface area (Å²) in [6, 6.07) is 20.3. The van der Waals surface area contributed by atoms with E-state index >= 15 is 0 Å². The van der Waals surface area contributed by atoms with Crippen LogP contribution < -0.4 is 15.1 Å². The lowest BCUT2D eigenvalue weighted by molar-refractivity contribution is -0.991. The lowest BCUT2D eigenvalue weighted by Crippen LogP contribution is -2.99. The first-order chi connectivity index (χ1) is 16.4. The number of fused-ring (bicyclic) bond motifs is 1. The Morgan fingerprint density at radius 3 is 2.29 bits per heavy atom. The summed E-state index contributed by atoms with van der Waals surface area (Å²) in [7, 11) is 0. The van der Waals surface area contributed by atoms with Gasteiger partial charge in [-0.05, 0) is 25.1 Å². The third kappa shape index (κ3) is 3.48. The molecule has 3 aromatic rings. The molecule has 0 bridgehead atoms. The van der Waals surface area contributed by atoms with Crippen molar-refractivity contribution in [2.75, 3.05) is 9.91 Å². The van der Waals surface area contributed by atoms with Crippen molar-refractivity contribution in [3.05, 3.63) is 95.2 Å². The minimum atomic E-state index is -1.18. The van der Waals surface area contributed by atoms with E-state index in [1.807, 2.05) is 13.0 Å². The van der Waals surface area contributed by atoms with Gasteiger partial charge in [0.25, 0.3) is 5.91 Å². The first kappa shape index (κ1) is 21.7. The molecule has 0 aromatic heterocycles. The van der Waals surface area contributed by atoms with E-state index in [-0.39, 0.29) is 17.1 Å². The summed E-state index contributed by atoms with van der Waals surface area (Å²) in [5, 5.41) is 25.4. The molecule has 5 rings (SSSR count). The van der Waals surface area contributed by atoms with Crippen molar-refractivity contribution in [2.24, 2.45) is 11.0 Å². The number of hydrogen-bond donors (Lipinski definition) is 2. The van der Waals surface area contributed by atoms with Crippen molar-refractivity contribution in [1.29, 1.82) is 0 Å². The van der Waals surface area contributed by atoms with Crippen molar-refractivity contribution in [1.82, 2.24) is 0 Å². The minimum absolute atomic E-state index is 0.0204. The molecule has 2 amide bonds. The molecule has 170 valence electrons. The quantitative estimate of drug-likeness (QED) is 0.345. The highest BCUT2D eigenvalue weighted by atomic mass is 16.8. The zero-order valence-electron chi connectivity index (χ0n) is 18.1. The van der Waals surface area contributed by atoms with Gasteiger partial charge in [0.1, 0.15) is 17.7 Å². The molecule has 9 heteroatoms. The van der Waals surface area contributed by atoms with Crippen LogP contribution in [0.1, 0.15) is 15.9 Å². The number of benzene rings is 3. The molecule has 0 spiro atoms. The first-order valence-corrected chi connectivity index (χ1v) is 10.6. The number of aryl methyl sites for hydroxylation is 1. The predicted octanol–water partition coefficient (Wildman–Crippen LogP) is 2.02. The summed E-state index contributed by atoms with van der Waals surface area (Å²) in [4.78, 5) is 41.5. The molecule has 3 atom stereocenters. The van der Waals surface area contributed by atoms with Crippen LogP contribution >= 0.6 is 0 Å². The van der Waals surface area contributed by atoms with Crippen LogP contribution in [0, 0.1) is 18.0 Å². The van der Waals surface area contributed by atoms with Gasteiger partial charge in [0.05, 0.1) is 11.4 Å². The average Bonchev–Trinajstić information content (AvgIpc) is 3.36. The number of hydrogen-bond acceptors (Lipinski definition) is 7. The van der Waals surface area contributed by atoms with Crippen LogP contribution in [0.2, 0.25) is 0 Å². The van der Waals surface area contributed by atoms with Crippen LogP contribution in [0.5, 0.6) is 0 Å². The van der Waals surface area contributed by atoms with Crippen molar-refractivity contribution in [2.45, 2.75) is 13.0 Å². The van der Waals surface area contributed by atoms with Gasteiger partial charge in [-0.2, -0.15) is 10.3 Å². The lowest BCUT2D eigenvalue weighted by atomic mass is 9.92. The van der Waals surface area contributed by atoms with Crippen LogP contribution in [-0.2, 0) is 9.59 Å². The number of amides is 2. The Hall–Kier alpha value is -4.18. The van der Waals surface area contributed by atoms with Crippen LogP contribution in [0.25, 0.3) is 0 Å². The first-order valence-electron chi connectivity index (χ1n) is 10.6. The number of anilines is 2. The number of ketones is 1. The molecule has 3 aromatic carbocycles. The molecule has 1 fully saturated rings. The highest BCUT2D eigenvalue weighted by Gasteiger charge is 2.58. The molecule has 0 saturated carbocycles. The Kier molecular flexibility index (Phi) is 5.29. The summed E-state index contributed by atoms with van der Waals surface area (Å²) in [6.07, 6.45) is 0. The number of Topliss-reactive ketones (excluding diaryl/α,β-unsaturated/α-hetero) is 1. The second kappa shape index (κ2) is 8.31. The van der Waals surface area contributed by atoms with Gasteiger partial charge >= 0.3 is 0 Å². The van der Waals surface area contributed by atoms with Crippen LogP contribution in [0.3, 0.4) is 0 Å². The van der Waals surface area contributed by atoms with E-state index in [9.17, 15) is 24.8 Å². The molecular formula is C25H20N4O5.